The van der Waals surface area contributed by atoms with Crippen LogP contribution in [0.4, 0.5) is 10.5 Å². The van der Waals surface area contributed by atoms with Gasteiger partial charge in [-0.15, -0.1) is 0 Å². The highest BCUT2D eigenvalue weighted by atomic mass is 35.5. The lowest BCUT2D eigenvalue weighted by molar-refractivity contribution is -0.0311. The van der Waals surface area contributed by atoms with Crippen LogP contribution in [-0.2, 0) is 22.4 Å². The molecule has 1 amide bonds. The van der Waals surface area contributed by atoms with Crippen LogP contribution in [0.1, 0.15) is 71.7 Å². The molecule has 2 atom stereocenters. The Balaban J connectivity index is 1.09. The van der Waals surface area contributed by atoms with Crippen LogP contribution in [-0.4, -0.2) is 63.9 Å². The molecule has 4 aliphatic rings. The number of fused-ring (bicyclic) bond motifs is 3. The third kappa shape index (κ3) is 8.41. The van der Waals surface area contributed by atoms with Gasteiger partial charge in [0, 0.05) is 31.6 Å². The zero-order chi connectivity index (χ0) is 35.3. The number of aromatic hydroxyl groups is 1. The summed E-state index contributed by atoms with van der Waals surface area (Å²) in [4.78, 5) is 39.5. The van der Waals surface area contributed by atoms with E-state index in [1.165, 1.54) is 12.4 Å². The van der Waals surface area contributed by atoms with E-state index < -0.39 is 18.2 Å². The van der Waals surface area contributed by atoms with E-state index >= 15 is 0 Å². The molecule has 3 aliphatic heterocycles. The molecule has 2 bridgehead atoms. The molecule has 5 heterocycles. The number of phenols is 1. The number of benzene rings is 2. The Kier molecular flexibility index (Phi) is 10.9. The number of piperidine rings is 3. The van der Waals surface area contributed by atoms with Gasteiger partial charge in [0.1, 0.15) is 12.2 Å². The minimum atomic E-state index is -0.816. The van der Waals surface area contributed by atoms with Crippen LogP contribution >= 0.6 is 23.2 Å². The molecule has 8 rings (SSSR count). The zero-order valence-electron chi connectivity index (χ0n) is 28.1. The van der Waals surface area contributed by atoms with Crippen molar-refractivity contribution in [3.63, 3.8) is 0 Å². The molecule has 51 heavy (non-hydrogen) atoms. The molecule has 0 unspecified atom stereocenters. The molecule has 3 saturated heterocycles. The summed E-state index contributed by atoms with van der Waals surface area (Å²) in [7, 11) is 0. The molecule has 1 saturated carbocycles. The van der Waals surface area contributed by atoms with E-state index in [-0.39, 0.29) is 30.9 Å². The minimum Gasteiger partial charge on any atom is -0.504 e. The van der Waals surface area contributed by atoms with Gasteiger partial charge in [-0.3, -0.25) is 19.8 Å². The summed E-state index contributed by atoms with van der Waals surface area (Å²) in [5, 5.41) is 11.3. The number of hydrogen-bond donors (Lipinski definition) is 1. The maximum Gasteiger partial charge on any atom is 0.414 e. The second kappa shape index (κ2) is 15.9. The maximum atomic E-state index is 13.7. The normalized spacial score (nSPS) is 20.5. The molecule has 1 N–H and O–H groups in total. The van der Waals surface area contributed by atoms with Crippen molar-refractivity contribution in [2.24, 2.45) is 5.92 Å². The topological polar surface area (TPSA) is 114 Å². The van der Waals surface area contributed by atoms with Gasteiger partial charge in [-0.25, -0.2) is 9.59 Å². The summed E-state index contributed by atoms with van der Waals surface area (Å²) in [5.41, 5.74) is 2.92. The monoisotopic (exact) mass is 730 g/mol. The first kappa shape index (κ1) is 35.0. The number of pyridine rings is 2. The Hall–Kier alpha value is -4.38. The molecule has 2 aromatic heterocycles. The predicted octanol–water partition coefficient (Wildman–Crippen LogP) is 8.19. The van der Waals surface area contributed by atoms with Crippen molar-refractivity contribution >= 4 is 41.0 Å². The summed E-state index contributed by atoms with van der Waals surface area (Å²) >= 11 is 13.0. The lowest BCUT2D eigenvalue weighted by Crippen LogP contribution is -2.53. The molecule has 4 fully saturated rings. The fraction of sp³-hybridized carbons (Fsp3) is 0.385. The number of nitrogens with zero attached hydrogens (tertiary/aromatic N) is 4. The number of ether oxygens (including phenoxy) is 3. The molecule has 4 aromatic rings. The third-order valence-electron chi connectivity index (χ3n) is 10.1. The van der Waals surface area contributed by atoms with Gasteiger partial charge in [0.15, 0.2) is 11.5 Å². The quantitative estimate of drug-likeness (QED) is 0.153. The summed E-state index contributed by atoms with van der Waals surface area (Å²) in [6, 6.07) is 15.5. The Labute approximate surface area is 307 Å². The van der Waals surface area contributed by atoms with Crippen molar-refractivity contribution in [3.8, 4) is 11.5 Å². The van der Waals surface area contributed by atoms with Gasteiger partial charge >= 0.3 is 12.1 Å². The highest BCUT2D eigenvalue weighted by Gasteiger charge is 2.37. The van der Waals surface area contributed by atoms with Gasteiger partial charge < -0.3 is 19.3 Å². The predicted molar refractivity (Wildman–Crippen MR) is 193 cm³/mol. The van der Waals surface area contributed by atoms with E-state index in [1.54, 1.807) is 65.8 Å². The van der Waals surface area contributed by atoms with Gasteiger partial charge in [-0.2, -0.15) is 0 Å². The lowest BCUT2D eigenvalue weighted by Gasteiger charge is -2.44. The number of carbonyl (C=O) groups excluding carboxylic acids is 2. The van der Waals surface area contributed by atoms with E-state index in [2.05, 4.69) is 14.9 Å². The number of rotatable bonds is 11. The Morgan fingerprint density at radius 1 is 0.941 bits per heavy atom. The fourth-order valence-corrected chi connectivity index (χ4v) is 7.71. The first-order valence-electron chi connectivity index (χ1n) is 17.5. The van der Waals surface area contributed by atoms with E-state index in [0.717, 1.165) is 63.7 Å². The molecule has 1 aliphatic carbocycles. The van der Waals surface area contributed by atoms with E-state index in [0.29, 0.717) is 44.1 Å². The van der Waals surface area contributed by atoms with E-state index in [9.17, 15) is 14.7 Å². The van der Waals surface area contributed by atoms with Crippen molar-refractivity contribution in [1.29, 1.82) is 0 Å². The third-order valence-corrected chi connectivity index (χ3v) is 10.8. The number of esters is 1. The molecule has 10 nitrogen and oxygen atoms in total. The summed E-state index contributed by atoms with van der Waals surface area (Å²) in [6.07, 6.45) is 11.2. The number of amides is 1. The second-order valence-electron chi connectivity index (χ2n) is 13.5. The maximum absolute atomic E-state index is 13.7. The van der Waals surface area contributed by atoms with Gasteiger partial charge in [0.25, 0.3) is 0 Å². The highest BCUT2D eigenvalue weighted by molar-refractivity contribution is 6.35. The van der Waals surface area contributed by atoms with Gasteiger partial charge in [-0.1, -0.05) is 41.4 Å². The van der Waals surface area contributed by atoms with Crippen molar-refractivity contribution in [2.75, 3.05) is 24.5 Å². The van der Waals surface area contributed by atoms with E-state index in [1.807, 2.05) is 6.07 Å². The Bertz CT molecular complexity index is 1810. The number of aromatic nitrogens is 2. The van der Waals surface area contributed by atoms with Crippen LogP contribution in [0.2, 0.25) is 10.0 Å². The first-order valence-corrected chi connectivity index (χ1v) is 18.2. The average Bonchev–Trinajstić information content (AvgIpc) is 3.67. The lowest BCUT2D eigenvalue weighted by atomic mass is 9.86. The standard InChI is InChI=1S/C39H40Cl2N4O6/c40-32-21-43-22-33(41)31(32)19-35(28-11-12-34(46)36(18-28)49-30-5-1-2-6-30)50-38(47)27-9-7-25(8-10-27)23-45(29-4-3-15-42-20-29)39(48)51-37-24-44-16-13-26(37)14-17-44/h3-4,7-12,15,18,20-22,26,30,35,37,46H,1-2,5-6,13-14,16-17,19,23-24H2/t35-,37-/m0/s1. The van der Waals surface area contributed by atoms with Crippen molar-refractivity contribution in [2.45, 2.75) is 69.8 Å². The number of carbonyl (C=O) groups is 2. The fourth-order valence-electron chi connectivity index (χ4n) is 7.20. The summed E-state index contributed by atoms with van der Waals surface area (Å²) in [6.45, 7) is 3.08. The van der Waals surface area contributed by atoms with Crippen LogP contribution in [0, 0.1) is 5.92 Å². The molecule has 266 valence electrons. The number of halogens is 2. The molecule has 12 heteroatoms. The number of phenolic OH excluding ortho intramolecular Hbond substituents is 1. The first-order chi connectivity index (χ1) is 24.8. The van der Waals surface area contributed by atoms with Crippen molar-refractivity contribution < 1.29 is 28.9 Å². The number of hydrogen-bond acceptors (Lipinski definition) is 9. The van der Waals surface area contributed by atoms with Crippen LogP contribution in [0.15, 0.2) is 79.4 Å². The molecular weight excluding hydrogens is 691 g/mol. The minimum absolute atomic E-state index is 0.0132. The molecular formula is C39H40Cl2N4O6. The zero-order valence-corrected chi connectivity index (χ0v) is 29.6. The summed E-state index contributed by atoms with van der Waals surface area (Å²) < 4.78 is 18.3. The van der Waals surface area contributed by atoms with Gasteiger partial charge in [0.2, 0.25) is 0 Å². The highest BCUT2D eigenvalue weighted by Crippen LogP contribution is 2.37. The van der Waals surface area contributed by atoms with Crippen LogP contribution in [0.5, 0.6) is 11.5 Å². The SMILES string of the molecule is O=C(O[C@@H](Cc1c(Cl)cncc1Cl)c1ccc(O)c(OC2CCCC2)c1)c1ccc(CN(C(=O)O[C@H]2CN3CCC2CC3)c2cccnc2)cc1. The van der Waals surface area contributed by atoms with Gasteiger partial charge in [0.05, 0.1) is 40.1 Å². The van der Waals surface area contributed by atoms with Crippen LogP contribution < -0.4 is 9.64 Å². The van der Waals surface area contributed by atoms with Gasteiger partial charge in [-0.05, 0) is 111 Å². The van der Waals surface area contributed by atoms with Crippen LogP contribution in [0.25, 0.3) is 0 Å². The number of anilines is 1. The smallest absolute Gasteiger partial charge is 0.414 e. The van der Waals surface area contributed by atoms with Crippen molar-refractivity contribution in [1.82, 2.24) is 14.9 Å². The largest absolute Gasteiger partial charge is 0.504 e. The molecule has 0 spiro atoms. The second-order valence-corrected chi connectivity index (χ2v) is 14.3. The average molecular weight is 732 g/mol. The molecule has 2 aromatic carbocycles. The Morgan fingerprint density at radius 3 is 2.35 bits per heavy atom. The van der Waals surface area contributed by atoms with E-state index in [4.69, 9.17) is 37.4 Å². The van der Waals surface area contributed by atoms with Crippen LogP contribution in [0.3, 0.4) is 0 Å². The summed E-state index contributed by atoms with van der Waals surface area (Å²) in [5.74, 6) is 0.161. The Morgan fingerprint density at radius 2 is 1.69 bits per heavy atom. The van der Waals surface area contributed by atoms with Crippen molar-refractivity contribution in [3.05, 3.63) is 112 Å². The molecule has 0 radical (unpaired) electrons.